The van der Waals surface area contributed by atoms with Crippen molar-refractivity contribution in [2.75, 3.05) is 13.7 Å². The molecule has 0 radical (unpaired) electrons. The molecule has 2 aromatic carbocycles. The Bertz CT molecular complexity index is 586. The van der Waals surface area contributed by atoms with Crippen LogP contribution in [0.3, 0.4) is 0 Å². The van der Waals surface area contributed by atoms with Crippen LogP contribution in [0.5, 0.6) is 5.75 Å². The molecule has 17 heavy (non-hydrogen) atoms. The van der Waals surface area contributed by atoms with Crippen molar-refractivity contribution in [3.05, 3.63) is 42.0 Å². The molecule has 1 heterocycles. The Hall–Kier alpha value is -1.83. The quantitative estimate of drug-likeness (QED) is 0.767. The van der Waals surface area contributed by atoms with Gasteiger partial charge in [-0.15, -0.1) is 0 Å². The summed E-state index contributed by atoms with van der Waals surface area (Å²) in [7, 11) is 1.73. The summed E-state index contributed by atoms with van der Waals surface area (Å²) in [5, 5.41) is 2.49. The number of rotatable bonds is 2. The monoisotopic (exact) mass is 225 g/mol. The Labute approximate surface area is 101 Å². The maximum atomic E-state index is 5.49. The lowest BCUT2D eigenvalue weighted by Crippen LogP contribution is -2.01. The average Bonchev–Trinajstić information content (AvgIpc) is 2.91. The highest BCUT2D eigenvalue weighted by atomic mass is 16.5. The van der Waals surface area contributed by atoms with Crippen LogP contribution in [-0.2, 0) is 0 Å². The molecule has 2 aromatic rings. The third kappa shape index (κ3) is 1.70. The highest BCUT2D eigenvalue weighted by Crippen LogP contribution is 2.31. The zero-order valence-electron chi connectivity index (χ0n) is 9.94. The zero-order valence-corrected chi connectivity index (χ0v) is 9.94. The van der Waals surface area contributed by atoms with Gasteiger partial charge >= 0.3 is 0 Å². The fourth-order valence-corrected chi connectivity index (χ4v) is 2.46. The van der Waals surface area contributed by atoms with Crippen molar-refractivity contribution in [1.82, 2.24) is 0 Å². The Morgan fingerprint density at radius 3 is 2.76 bits per heavy atom. The van der Waals surface area contributed by atoms with Gasteiger partial charge in [0.2, 0.25) is 0 Å². The first-order chi connectivity index (χ1) is 8.40. The molecule has 0 atom stereocenters. The van der Waals surface area contributed by atoms with Crippen LogP contribution in [0, 0.1) is 0 Å². The Balaban J connectivity index is 2.31. The van der Waals surface area contributed by atoms with Gasteiger partial charge in [-0.25, -0.2) is 0 Å². The lowest BCUT2D eigenvalue weighted by atomic mass is 9.98. The Morgan fingerprint density at radius 1 is 1.12 bits per heavy atom. The van der Waals surface area contributed by atoms with E-state index in [1.54, 1.807) is 7.11 Å². The molecule has 0 spiro atoms. The van der Waals surface area contributed by atoms with Gasteiger partial charge in [-0.1, -0.05) is 30.3 Å². The van der Waals surface area contributed by atoms with Gasteiger partial charge in [0.05, 0.1) is 7.11 Å². The normalized spacial score (nSPS) is 15.0. The SMILES string of the molecule is COc1ccc2ccccc2c1C1=NCCC1. The first kappa shape index (κ1) is 10.3. The molecule has 0 saturated carbocycles. The van der Waals surface area contributed by atoms with E-state index in [0.29, 0.717) is 0 Å². The van der Waals surface area contributed by atoms with E-state index in [0.717, 1.165) is 25.1 Å². The first-order valence-electron chi connectivity index (χ1n) is 5.99. The standard InChI is InChI=1S/C15H15NO/c1-17-14-9-8-11-5-2-3-6-12(11)15(14)13-7-4-10-16-13/h2-3,5-6,8-9H,4,7,10H2,1H3. The minimum absolute atomic E-state index is 0.935. The molecule has 0 N–H and O–H groups in total. The highest BCUT2D eigenvalue weighted by Gasteiger charge is 2.16. The number of hydrogen-bond donors (Lipinski definition) is 0. The van der Waals surface area contributed by atoms with Gasteiger partial charge in [-0.2, -0.15) is 0 Å². The average molecular weight is 225 g/mol. The molecule has 3 rings (SSSR count). The maximum Gasteiger partial charge on any atom is 0.128 e. The summed E-state index contributed by atoms with van der Waals surface area (Å²) < 4.78 is 5.49. The Morgan fingerprint density at radius 2 is 2.00 bits per heavy atom. The van der Waals surface area contributed by atoms with E-state index in [9.17, 15) is 0 Å². The van der Waals surface area contributed by atoms with Gasteiger partial charge in [0, 0.05) is 17.8 Å². The molecule has 2 nitrogen and oxygen atoms in total. The molecule has 0 amide bonds. The fourth-order valence-electron chi connectivity index (χ4n) is 2.46. The molecular formula is C15H15NO. The molecule has 86 valence electrons. The molecule has 0 fully saturated rings. The highest BCUT2D eigenvalue weighted by molar-refractivity contribution is 6.13. The summed E-state index contributed by atoms with van der Waals surface area (Å²) in [5.74, 6) is 0.935. The number of nitrogens with zero attached hydrogens (tertiary/aromatic N) is 1. The fraction of sp³-hybridized carbons (Fsp3) is 0.267. The van der Waals surface area contributed by atoms with Crippen molar-refractivity contribution < 1.29 is 4.74 Å². The largest absolute Gasteiger partial charge is 0.496 e. The molecule has 0 saturated heterocycles. The second-order valence-corrected chi connectivity index (χ2v) is 4.30. The van der Waals surface area contributed by atoms with E-state index in [1.165, 1.54) is 22.0 Å². The third-order valence-corrected chi connectivity index (χ3v) is 3.27. The minimum Gasteiger partial charge on any atom is -0.496 e. The van der Waals surface area contributed by atoms with Gasteiger partial charge < -0.3 is 4.74 Å². The minimum atomic E-state index is 0.935. The molecule has 0 unspecified atom stereocenters. The van der Waals surface area contributed by atoms with Gasteiger partial charge in [0.25, 0.3) is 0 Å². The van der Waals surface area contributed by atoms with E-state index in [1.807, 2.05) is 6.07 Å². The smallest absolute Gasteiger partial charge is 0.128 e. The summed E-state index contributed by atoms with van der Waals surface area (Å²) in [6.07, 6.45) is 2.21. The predicted octanol–water partition coefficient (Wildman–Crippen LogP) is 3.43. The molecule has 1 aliphatic heterocycles. The van der Waals surface area contributed by atoms with Crippen LogP contribution in [0.15, 0.2) is 41.4 Å². The van der Waals surface area contributed by atoms with E-state index in [2.05, 4.69) is 35.3 Å². The number of fused-ring (bicyclic) bond motifs is 1. The summed E-state index contributed by atoms with van der Waals surface area (Å²) in [5.41, 5.74) is 2.38. The van der Waals surface area contributed by atoms with Crippen LogP contribution in [0.1, 0.15) is 18.4 Å². The van der Waals surface area contributed by atoms with Crippen molar-refractivity contribution in [2.45, 2.75) is 12.8 Å². The molecule has 0 bridgehead atoms. The molecule has 1 aliphatic rings. The first-order valence-corrected chi connectivity index (χ1v) is 5.99. The second-order valence-electron chi connectivity index (χ2n) is 4.30. The Kier molecular flexibility index (Phi) is 2.56. The summed E-state index contributed by atoms with van der Waals surface area (Å²) in [4.78, 5) is 4.60. The number of methoxy groups -OCH3 is 1. The lowest BCUT2D eigenvalue weighted by Gasteiger charge is -2.11. The van der Waals surface area contributed by atoms with Crippen molar-refractivity contribution in [2.24, 2.45) is 4.99 Å². The molecular weight excluding hydrogens is 210 g/mol. The van der Waals surface area contributed by atoms with Crippen molar-refractivity contribution >= 4 is 16.5 Å². The van der Waals surface area contributed by atoms with Crippen LogP contribution in [0.2, 0.25) is 0 Å². The summed E-state index contributed by atoms with van der Waals surface area (Å²) >= 11 is 0. The van der Waals surface area contributed by atoms with Crippen LogP contribution >= 0.6 is 0 Å². The zero-order chi connectivity index (χ0) is 11.7. The lowest BCUT2D eigenvalue weighted by molar-refractivity contribution is 0.414. The van der Waals surface area contributed by atoms with E-state index in [-0.39, 0.29) is 0 Å². The number of aliphatic imine (C=N–C) groups is 1. The third-order valence-electron chi connectivity index (χ3n) is 3.27. The van der Waals surface area contributed by atoms with E-state index in [4.69, 9.17) is 4.74 Å². The molecule has 2 heteroatoms. The van der Waals surface area contributed by atoms with Gasteiger partial charge in [-0.3, -0.25) is 4.99 Å². The number of hydrogen-bond acceptors (Lipinski definition) is 2. The number of ether oxygens (including phenoxy) is 1. The van der Waals surface area contributed by atoms with Crippen LogP contribution in [0.25, 0.3) is 10.8 Å². The molecule has 0 aromatic heterocycles. The van der Waals surface area contributed by atoms with Crippen LogP contribution in [0.4, 0.5) is 0 Å². The van der Waals surface area contributed by atoms with Crippen molar-refractivity contribution in [3.63, 3.8) is 0 Å². The van der Waals surface area contributed by atoms with E-state index >= 15 is 0 Å². The van der Waals surface area contributed by atoms with Crippen molar-refractivity contribution in [1.29, 1.82) is 0 Å². The predicted molar refractivity (Wildman–Crippen MR) is 71.1 cm³/mol. The van der Waals surface area contributed by atoms with Gasteiger partial charge in [0.15, 0.2) is 0 Å². The van der Waals surface area contributed by atoms with Gasteiger partial charge in [0.1, 0.15) is 5.75 Å². The van der Waals surface area contributed by atoms with E-state index < -0.39 is 0 Å². The van der Waals surface area contributed by atoms with Crippen LogP contribution in [-0.4, -0.2) is 19.4 Å². The maximum absolute atomic E-state index is 5.49. The summed E-state index contributed by atoms with van der Waals surface area (Å²) in [6, 6.07) is 12.6. The van der Waals surface area contributed by atoms with Crippen molar-refractivity contribution in [3.8, 4) is 5.75 Å². The second kappa shape index (κ2) is 4.21. The molecule has 0 aliphatic carbocycles. The van der Waals surface area contributed by atoms with Gasteiger partial charge in [-0.05, 0) is 29.7 Å². The number of benzene rings is 2. The summed E-state index contributed by atoms with van der Waals surface area (Å²) in [6.45, 7) is 0.946. The topological polar surface area (TPSA) is 21.6 Å². The van der Waals surface area contributed by atoms with Crippen LogP contribution < -0.4 is 4.74 Å².